The first-order valence-electron chi connectivity index (χ1n) is 5.14. The molecule has 0 spiro atoms. The van der Waals surface area contributed by atoms with E-state index < -0.39 is 17.9 Å². The smallest absolute Gasteiger partial charge is 0.343 e. The van der Waals surface area contributed by atoms with Crippen molar-refractivity contribution in [2.24, 2.45) is 0 Å². The number of rotatable bonds is 3. The van der Waals surface area contributed by atoms with Crippen LogP contribution in [0.4, 0.5) is 13.2 Å². The molecule has 0 saturated carbocycles. The van der Waals surface area contributed by atoms with E-state index in [2.05, 4.69) is 30.5 Å². The standard InChI is InChI=1S/C9H9F3N6O/c1-4-13-2-5(15-4)7(19)14-3-6-16-8(18-17-6)9(10,11)12/h2H,3H2,1H3,(H,13,15)(H,14,19)(H,16,17,18). The van der Waals surface area contributed by atoms with Gasteiger partial charge >= 0.3 is 6.18 Å². The minimum atomic E-state index is -4.61. The van der Waals surface area contributed by atoms with Crippen molar-refractivity contribution in [2.75, 3.05) is 0 Å². The molecule has 2 heterocycles. The van der Waals surface area contributed by atoms with Crippen LogP contribution < -0.4 is 5.32 Å². The number of aryl methyl sites for hydroxylation is 1. The number of hydrogen-bond acceptors (Lipinski definition) is 4. The summed E-state index contributed by atoms with van der Waals surface area (Å²) in [6.45, 7) is 1.48. The van der Waals surface area contributed by atoms with E-state index in [1.807, 2.05) is 0 Å². The summed E-state index contributed by atoms with van der Waals surface area (Å²) in [4.78, 5) is 21.3. The monoisotopic (exact) mass is 274 g/mol. The van der Waals surface area contributed by atoms with Crippen molar-refractivity contribution < 1.29 is 18.0 Å². The van der Waals surface area contributed by atoms with Gasteiger partial charge < -0.3 is 10.3 Å². The summed E-state index contributed by atoms with van der Waals surface area (Å²) in [5.41, 5.74) is 0.216. The average molecular weight is 274 g/mol. The number of nitrogens with one attached hydrogen (secondary N) is 3. The van der Waals surface area contributed by atoms with Gasteiger partial charge in [-0.3, -0.25) is 9.89 Å². The van der Waals surface area contributed by atoms with Crippen LogP contribution in [-0.4, -0.2) is 31.1 Å². The fraction of sp³-hybridized carbons (Fsp3) is 0.333. The van der Waals surface area contributed by atoms with E-state index >= 15 is 0 Å². The quantitative estimate of drug-likeness (QED) is 0.770. The Hall–Kier alpha value is -2.39. The number of aromatic nitrogens is 5. The van der Waals surface area contributed by atoms with Crippen molar-refractivity contribution in [1.29, 1.82) is 0 Å². The van der Waals surface area contributed by atoms with E-state index in [0.717, 1.165) is 0 Å². The zero-order valence-electron chi connectivity index (χ0n) is 9.67. The Balaban J connectivity index is 1.96. The third-order valence-corrected chi connectivity index (χ3v) is 2.15. The van der Waals surface area contributed by atoms with Gasteiger partial charge in [-0.15, -0.1) is 5.10 Å². The van der Waals surface area contributed by atoms with Crippen molar-refractivity contribution in [3.8, 4) is 0 Å². The van der Waals surface area contributed by atoms with E-state index in [1.165, 1.54) is 6.20 Å². The number of imidazole rings is 1. The molecule has 0 aliphatic rings. The lowest BCUT2D eigenvalue weighted by atomic mass is 10.4. The van der Waals surface area contributed by atoms with Crippen molar-refractivity contribution in [1.82, 2.24) is 30.5 Å². The number of halogens is 3. The number of alkyl halides is 3. The minimum absolute atomic E-state index is 0.0862. The summed E-state index contributed by atoms with van der Waals surface area (Å²) in [6, 6.07) is 0. The minimum Gasteiger partial charge on any atom is -0.343 e. The summed E-state index contributed by atoms with van der Waals surface area (Å²) in [7, 11) is 0. The normalized spacial score (nSPS) is 11.6. The summed E-state index contributed by atoms with van der Waals surface area (Å²) in [5.74, 6) is -1.29. The van der Waals surface area contributed by atoms with Crippen molar-refractivity contribution in [3.05, 3.63) is 29.4 Å². The SMILES string of the molecule is Cc1ncc(C(=O)NCc2nc(C(F)(F)F)n[nH]2)[nH]1. The van der Waals surface area contributed by atoms with Crippen LogP contribution in [0.15, 0.2) is 6.20 Å². The van der Waals surface area contributed by atoms with Gasteiger partial charge in [-0.25, -0.2) is 9.97 Å². The highest BCUT2D eigenvalue weighted by Crippen LogP contribution is 2.25. The zero-order valence-corrected chi connectivity index (χ0v) is 9.67. The maximum Gasteiger partial charge on any atom is 0.453 e. The second kappa shape index (κ2) is 4.71. The van der Waals surface area contributed by atoms with Crippen LogP contribution in [0.1, 0.15) is 28.0 Å². The molecule has 19 heavy (non-hydrogen) atoms. The van der Waals surface area contributed by atoms with Crippen LogP contribution in [-0.2, 0) is 12.7 Å². The van der Waals surface area contributed by atoms with Gasteiger partial charge in [0.2, 0.25) is 0 Å². The molecule has 2 aromatic heterocycles. The summed E-state index contributed by atoms with van der Waals surface area (Å²) in [5, 5.41) is 7.49. The Kier molecular flexibility index (Phi) is 3.23. The Morgan fingerprint density at radius 2 is 2.21 bits per heavy atom. The molecule has 0 radical (unpaired) electrons. The molecule has 2 rings (SSSR count). The molecule has 0 aliphatic heterocycles. The predicted octanol–water partition coefficient (Wildman–Crippen LogP) is 0.785. The number of carbonyl (C=O) groups is 1. The Morgan fingerprint density at radius 3 is 2.74 bits per heavy atom. The molecule has 0 saturated heterocycles. The summed E-state index contributed by atoms with van der Waals surface area (Å²) < 4.78 is 36.7. The van der Waals surface area contributed by atoms with Crippen LogP contribution in [0, 0.1) is 6.92 Å². The Labute approximate surface area is 104 Å². The molecular formula is C9H9F3N6O. The first kappa shape index (κ1) is 13.1. The van der Waals surface area contributed by atoms with Crippen molar-refractivity contribution in [3.63, 3.8) is 0 Å². The fourth-order valence-corrected chi connectivity index (χ4v) is 1.30. The van der Waals surface area contributed by atoms with Crippen molar-refractivity contribution >= 4 is 5.91 Å². The number of carbonyl (C=O) groups excluding carboxylic acids is 1. The molecule has 0 atom stereocenters. The Bertz CT molecular complexity index is 587. The number of amides is 1. The molecule has 0 unspecified atom stereocenters. The molecule has 3 N–H and O–H groups in total. The van der Waals surface area contributed by atoms with Gasteiger partial charge in [0.1, 0.15) is 17.3 Å². The molecule has 7 nitrogen and oxygen atoms in total. The molecule has 10 heteroatoms. The maximum atomic E-state index is 12.2. The van der Waals surface area contributed by atoms with E-state index in [9.17, 15) is 18.0 Å². The summed E-state index contributed by atoms with van der Waals surface area (Å²) in [6.07, 6.45) is -3.29. The molecule has 0 aliphatic carbocycles. The van der Waals surface area contributed by atoms with E-state index in [4.69, 9.17) is 0 Å². The molecule has 2 aromatic rings. The highest BCUT2D eigenvalue weighted by molar-refractivity contribution is 5.91. The lowest BCUT2D eigenvalue weighted by Crippen LogP contribution is -2.23. The third kappa shape index (κ3) is 3.09. The van der Waals surface area contributed by atoms with Crippen LogP contribution in [0.5, 0.6) is 0 Å². The molecule has 0 aromatic carbocycles. The highest BCUT2D eigenvalue weighted by Gasteiger charge is 2.35. The fourth-order valence-electron chi connectivity index (χ4n) is 1.30. The highest BCUT2D eigenvalue weighted by atomic mass is 19.4. The number of aromatic amines is 2. The molecule has 102 valence electrons. The second-order valence-electron chi connectivity index (χ2n) is 3.67. The lowest BCUT2D eigenvalue weighted by molar-refractivity contribution is -0.144. The van der Waals surface area contributed by atoms with Gasteiger partial charge in [-0.2, -0.15) is 13.2 Å². The Morgan fingerprint density at radius 1 is 1.47 bits per heavy atom. The van der Waals surface area contributed by atoms with Crippen LogP contribution in [0.3, 0.4) is 0 Å². The van der Waals surface area contributed by atoms with E-state index in [1.54, 1.807) is 6.92 Å². The average Bonchev–Trinajstić information content (AvgIpc) is 2.93. The number of hydrogen-bond donors (Lipinski definition) is 3. The van der Waals surface area contributed by atoms with Crippen LogP contribution >= 0.6 is 0 Å². The summed E-state index contributed by atoms with van der Waals surface area (Å²) >= 11 is 0. The first-order valence-corrected chi connectivity index (χ1v) is 5.14. The van der Waals surface area contributed by atoms with E-state index in [0.29, 0.717) is 5.82 Å². The molecule has 0 fully saturated rings. The van der Waals surface area contributed by atoms with Gasteiger partial charge in [0.05, 0.1) is 12.7 Å². The predicted molar refractivity (Wildman–Crippen MR) is 55.9 cm³/mol. The second-order valence-corrected chi connectivity index (χ2v) is 3.67. The number of nitrogens with zero attached hydrogens (tertiary/aromatic N) is 3. The van der Waals surface area contributed by atoms with E-state index in [-0.39, 0.29) is 18.1 Å². The van der Waals surface area contributed by atoms with Gasteiger partial charge in [0.25, 0.3) is 11.7 Å². The molecular weight excluding hydrogens is 265 g/mol. The largest absolute Gasteiger partial charge is 0.453 e. The molecule has 0 bridgehead atoms. The van der Waals surface area contributed by atoms with Crippen molar-refractivity contribution in [2.45, 2.75) is 19.6 Å². The topological polar surface area (TPSA) is 99.3 Å². The number of H-pyrrole nitrogens is 2. The maximum absolute atomic E-state index is 12.2. The van der Waals surface area contributed by atoms with Gasteiger partial charge in [0.15, 0.2) is 0 Å². The van der Waals surface area contributed by atoms with Crippen LogP contribution in [0.2, 0.25) is 0 Å². The third-order valence-electron chi connectivity index (χ3n) is 2.15. The first-order chi connectivity index (χ1) is 8.86. The van der Waals surface area contributed by atoms with Gasteiger partial charge in [-0.05, 0) is 6.92 Å². The van der Waals surface area contributed by atoms with Gasteiger partial charge in [0, 0.05) is 0 Å². The van der Waals surface area contributed by atoms with Gasteiger partial charge in [-0.1, -0.05) is 0 Å². The van der Waals surface area contributed by atoms with Crippen LogP contribution in [0.25, 0.3) is 0 Å². The lowest BCUT2D eigenvalue weighted by Gasteiger charge is -2.00. The zero-order chi connectivity index (χ0) is 14.0. The molecule has 1 amide bonds.